The Morgan fingerprint density at radius 2 is 1.82 bits per heavy atom. The summed E-state index contributed by atoms with van der Waals surface area (Å²) in [7, 11) is 0. The summed E-state index contributed by atoms with van der Waals surface area (Å²) in [5, 5.41) is 4.84. The van der Waals surface area contributed by atoms with Crippen LogP contribution >= 0.6 is 35.4 Å². The van der Waals surface area contributed by atoms with E-state index in [4.69, 9.17) is 40.2 Å². The van der Waals surface area contributed by atoms with Crippen molar-refractivity contribution in [3.63, 3.8) is 0 Å². The third-order valence-electron chi connectivity index (χ3n) is 2.49. The summed E-state index contributed by atoms with van der Waals surface area (Å²) in [5.41, 5.74) is 0.660. The van der Waals surface area contributed by atoms with Gasteiger partial charge in [0.25, 0.3) is 0 Å². The van der Waals surface area contributed by atoms with Crippen molar-refractivity contribution in [1.29, 1.82) is 0 Å². The van der Waals surface area contributed by atoms with Crippen molar-refractivity contribution >= 4 is 46.2 Å². The average molecular weight is 291 g/mol. The Bertz CT molecular complexity index is 402. The van der Waals surface area contributed by atoms with Crippen LogP contribution < -0.4 is 5.32 Å². The Labute approximate surface area is 116 Å². The first-order chi connectivity index (χ1) is 8.18. The monoisotopic (exact) mass is 290 g/mol. The van der Waals surface area contributed by atoms with Gasteiger partial charge in [-0.1, -0.05) is 29.3 Å². The minimum atomic E-state index is 0.563. The van der Waals surface area contributed by atoms with Crippen LogP contribution in [0.15, 0.2) is 18.2 Å². The fraction of sp³-hybridized carbons (Fsp3) is 0.364. The van der Waals surface area contributed by atoms with Crippen LogP contribution in [-0.2, 0) is 4.74 Å². The molecule has 0 aliphatic carbocycles. The molecular weight excluding hydrogens is 279 g/mol. The second-order valence-electron chi connectivity index (χ2n) is 3.63. The Kier molecular flexibility index (Phi) is 4.45. The van der Waals surface area contributed by atoms with Crippen LogP contribution in [0.3, 0.4) is 0 Å². The molecule has 1 saturated heterocycles. The number of benzene rings is 1. The van der Waals surface area contributed by atoms with Crippen LogP contribution in [0.2, 0.25) is 10.0 Å². The van der Waals surface area contributed by atoms with Gasteiger partial charge in [-0.2, -0.15) is 0 Å². The molecule has 3 nitrogen and oxygen atoms in total. The molecule has 0 bridgehead atoms. The number of ether oxygens (including phenoxy) is 1. The molecule has 1 aliphatic heterocycles. The lowest BCUT2D eigenvalue weighted by Crippen LogP contribution is -2.42. The number of thiocarbonyl (C=S) groups is 1. The van der Waals surface area contributed by atoms with Gasteiger partial charge in [0.2, 0.25) is 0 Å². The summed E-state index contributed by atoms with van der Waals surface area (Å²) >= 11 is 17.4. The van der Waals surface area contributed by atoms with E-state index in [1.165, 1.54) is 0 Å². The predicted molar refractivity (Wildman–Crippen MR) is 75.1 cm³/mol. The van der Waals surface area contributed by atoms with E-state index >= 15 is 0 Å². The van der Waals surface area contributed by atoms with E-state index in [1.54, 1.807) is 18.2 Å². The molecule has 0 amide bonds. The van der Waals surface area contributed by atoms with E-state index in [-0.39, 0.29) is 0 Å². The molecule has 1 aromatic carbocycles. The zero-order chi connectivity index (χ0) is 12.3. The molecule has 1 N–H and O–H groups in total. The van der Waals surface area contributed by atoms with Crippen LogP contribution in [0.1, 0.15) is 0 Å². The highest BCUT2D eigenvalue weighted by Gasteiger charge is 2.15. The van der Waals surface area contributed by atoms with Gasteiger partial charge in [0, 0.05) is 13.1 Å². The summed E-state index contributed by atoms with van der Waals surface area (Å²) < 4.78 is 5.27. The molecule has 1 aliphatic rings. The van der Waals surface area contributed by atoms with E-state index in [1.807, 2.05) is 4.90 Å². The first-order valence-corrected chi connectivity index (χ1v) is 6.42. The molecule has 0 spiro atoms. The molecule has 1 heterocycles. The largest absolute Gasteiger partial charge is 0.378 e. The highest BCUT2D eigenvalue weighted by molar-refractivity contribution is 7.80. The van der Waals surface area contributed by atoms with Crippen molar-refractivity contribution in [1.82, 2.24) is 4.90 Å². The molecule has 6 heteroatoms. The third-order valence-corrected chi connectivity index (χ3v) is 3.48. The first kappa shape index (κ1) is 12.9. The zero-order valence-corrected chi connectivity index (χ0v) is 11.4. The fourth-order valence-electron chi connectivity index (χ4n) is 1.57. The Morgan fingerprint density at radius 3 is 2.41 bits per heavy atom. The van der Waals surface area contributed by atoms with Crippen molar-refractivity contribution < 1.29 is 4.74 Å². The van der Waals surface area contributed by atoms with Gasteiger partial charge in [-0.15, -0.1) is 0 Å². The fourth-order valence-corrected chi connectivity index (χ4v) is 2.35. The standard InChI is InChI=1S/C11H12Cl2N2OS/c12-8-2-1-3-9(13)10(8)14-11(17)15-4-6-16-7-5-15/h1-3H,4-7H2,(H,14,17). The molecule has 0 saturated carbocycles. The van der Waals surface area contributed by atoms with E-state index in [0.717, 1.165) is 13.1 Å². The van der Waals surface area contributed by atoms with E-state index in [0.29, 0.717) is 34.1 Å². The molecule has 1 fully saturated rings. The Hall–Kier alpha value is -0.550. The number of anilines is 1. The second kappa shape index (κ2) is 5.87. The van der Waals surface area contributed by atoms with Crippen LogP contribution in [0, 0.1) is 0 Å². The Balaban J connectivity index is 2.07. The minimum absolute atomic E-state index is 0.563. The molecule has 92 valence electrons. The van der Waals surface area contributed by atoms with Gasteiger partial charge in [0.15, 0.2) is 5.11 Å². The summed E-state index contributed by atoms with van der Waals surface area (Å²) in [5.74, 6) is 0. The number of halogens is 2. The smallest absolute Gasteiger partial charge is 0.173 e. The number of hydrogen-bond donors (Lipinski definition) is 1. The van der Waals surface area contributed by atoms with Crippen molar-refractivity contribution in [2.45, 2.75) is 0 Å². The van der Waals surface area contributed by atoms with Crippen molar-refractivity contribution in [3.05, 3.63) is 28.2 Å². The number of nitrogens with zero attached hydrogens (tertiary/aromatic N) is 1. The predicted octanol–water partition coefficient (Wildman–Crippen LogP) is 3.02. The highest BCUT2D eigenvalue weighted by Crippen LogP contribution is 2.30. The topological polar surface area (TPSA) is 24.5 Å². The number of nitrogens with one attached hydrogen (secondary N) is 1. The van der Waals surface area contributed by atoms with Gasteiger partial charge in [-0.05, 0) is 24.4 Å². The van der Waals surface area contributed by atoms with Gasteiger partial charge >= 0.3 is 0 Å². The lowest BCUT2D eigenvalue weighted by molar-refractivity contribution is 0.0690. The molecule has 1 aromatic rings. The lowest BCUT2D eigenvalue weighted by atomic mass is 10.3. The number of morpholine rings is 1. The summed E-state index contributed by atoms with van der Waals surface area (Å²) in [6.45, 7) is 2.96. The lowest BCUT2D eigenvalue weighted by Gasteiger charge is -2.29. The van der Waals surface area contributed by atoms with Gasteiger partial charge < -0.3 is 15.0 Å². The maximum Gasteiger partial charge on any atom is 0.173 e. The normalized spacial score (nSPS) is 15.8. The highest BCUT2D eigenvalue weighted by atomic mass is 35.5. The summed E-state index contributed by atoms with van der Waals surface area (Å²) in [6.07, 6.45) is 0. The Morgan fingerprint density at radius 1 is 1.24 bits per heavy atom. The molecule has 0 unspecified atom stereocenters. The van der Waals surface area contributed by atoms with Crippen LogP contribution in [0.4, 0.5) is 5.69 Å². The van der Waals surface area contributed by atoms with Gasteiger partial charge in [0.1, 0.15) is 0 Å². The summed E-state index contributed by atoms with van der Waals surface area (Å²) in [4.78, 5) is 2.04. The molecule has 0 aromatic heterocycles. The van der Waals surface area contributed by atoms with Crippen LogP contribution in [0.5, 0.6) is 0 Å². The molecule has 0 radical (unpaired) electrons. The van der Waals surface area contributed by atoms with Gasteiger partial charge in [-0.3, -0.25) is 0 Å². The third kappa shape index (κ3) is 3.22. The van der Waals surface area contributed by atoms with Gasteiger partial charge in [-0.25, -0.2) is 0 Å². The van der Waals surface area contributed by atoms with Crippen LogP contribution in [-0.4, -0.2) is 36.3 Å². The number of rotatable bonds is 1. The summed E-state index contributed by atoms with van der Waals surface area (Å²) in [6, 6.07) is 5.35. The second-order valence-corrected chi connectivity index (χ2v) is 4.83. The number of hydrogen-bond acceptors (Lipinski definition) is 2. The average Bonchev–Trinajstić information content (AvgIpc) is 2.35. The van der Waals surface area contributed by atoms with Crippen LogP contribution in [0.25, 0.3) is 0 Å². The van der Waals surface area contributed by atoms with Gasteiger partial charge in [0.05, 0.1) is 28.9 Å². The molecule has 0 atom stereocenters. The maximum absolute atomic E-state index is 6.06. The number of para-hydroxylation sites is 1. The minimum Gasteiger partial charge on any atom is -0.378 e. The van der Waals surface area contributed by atoms with Crippen molar-refractivity contribution in [3.8, 4) is 0 Å². The quantitative estimate of drug-likeness (QED) is 0.804. The van der Waals surface area contributed by atoms with Crippen molar-refractivity contribution in [2.24, 2.45) is 0 Å². The maximum atomic E-state index is 6.06. The van der Waals surface area contributed by atoms with Crippen molar-refractivity contribution in [2.75, 3.05) is 31.6 Å². The molecule has 2 rings (SSSR count). The zero-order valence-electron chi connectivity index (χ0n) is 9.08. The first-order valence-electron chi connectivity index (χ1n) is 5.26. The molecular formula is C11H12Cl2N2OS. The van der Waals surface area contributed by atoms with E-state index in [9.17, 15) is 0 Å². The van der Waals surface area contributed by atoms with E-state index < -0.39 is 0 Å². The van der Waals surface area contributed by atoms with E-state index in [2.05, 4.69) is 5.32 Å². The molecule has 17 heavy (non-hydrogen) atoms. The SMILES string of the molecule is S=C(Nc1c(Cl)cccc1Cl)N1CCOCC1.